The number of hydrogen-bond donors (Lipinski definition) is 2. The highest BCUT2D eigenvalue weighted by Gasteiger charge is 2.16. The molecule has 3 heterocycles. The van der Waals surface area contributed by atoms with Crippen molar-refractivity contribution < 1.29 is 5.11 Å². The average molecular weight is 441 g/mol. The fraction of sp³-hybridized carbons (Fsp3) is 0.478. The molecule has 7 nitrogen and oxygen atoms in total. The Morgan fingerprint density at radius 2 is 1.74 bits per heavy atom. The van der Waals surface area contributed by atoms with Crippen molar-refractivity contribution in [1.29, 1.82) is 0 Å². The van der Waals surface area contributed by atoms with E-state index >= 15 is 0 Å². The molecule has 1 saturated heterocycles. The molecule has 0 bridgehead atoms. The lowest BCUT2D eigenvalue weighted by Gasteiger charge is -2.27. The summed E-state index contributed by atoms with van der Waals surface area (Å²) in [6.45, 7) is 2.96. The van der Waals surface area contributed by atoms with Gasteiger partial charge in [-0.15, -0.1) is 0 Å². The third-order valence-electron chi connectivity index (χ3n) is 5.51. The molecule has 0 atom stereocenters. The van der Waals surface area contributed by atoms with Gasteiger partial charge in [-0.2, -0.15) is 9.97 Å². The van der Waals surface area contributed by atoms with Crippen LogP contribution in [0.1, 0.15) is 43.8 Å². The third kappa shape index (κ3) is 5.80. The highest BCUT2D eigenvalue weighted by atomic mass is 35.5. The molecule has 0 amide bonds. The second kappa shape index (κ2) is 10.7. The summed E-state index contributed by atoms with van der Waals surface area (Å²) in [6, 6.07) is 7.75. The van der Waals surface area contributed by atoms with Crippen molar-refractivity contribution >= 4 is 34.1 Å². The van der Waals surface area contributed by atoms with Crippen molar-refractivity contribution in [2.24, 2.45) is 0 Å². The minimum atomic E-state index is 0.148. The summed E-state index contributed by atoms with van der Waals surface area (Å²) in [6.07, 6.45) is 8.46. The highest BCUT2D eigenvalue weighted by Crippen LogP contribution is 2.24. The van der Waals surface area contributed by atoms with Gasteiger partial charge in [-0.05, 0) is 56.4 Å². The molecule has 1 aliphatic rings. The number of hydrogen-bond acceptors (Lipinski definition) is 7. The first-order chi connectivity index (χ1) is 15.2. The van der Waals surface area contributed by atoms with Crippen LogP contribution in [0.25, 0.3) is 10.9 Å². The number of aliphatic hydroxyl groups is 1. The Morgan fingerprint density at radius 3 is 2.52 bits per heavy atom. The van der Waals surface area contributed by atoms with Crippen LogP contribution in [0.2, 0.25) is 5.02 Å². The molecule has 0 saturated carbocycles. The van der Waals surface area contributed by atoms with E-state index in [1.165, 1.54) is 19.3 Å². The molecule has 0 aliphatic carbocycles. The molecule has 3 aromatic rings. The van der Waals surface area contributed by atoms with Crippen molar-refractivity contribution in [3.63, 3.8) is 0 Å². The number of aliphatic hydroxyl groups excluding tert-OH is 1. The number of aryl methyl sites for hydroxylation is 2. The average Bonchev–Trinajstić information content (AvgIpc) is 2.81. The van der Waals surface area contributed by atoms with E-state index in [9.17, 15) is 5.11 Å². The van der Waals surface area contributed by atoms with Crippen LogP contribution in [0.3, 0.4) is 0 Å². The first-order valence-corrected chi connectivity index (χ1v) is 11.5. The number of fused-ring (bicyclic) bond motifs is 1. The van der Waals surface area contributed by atoms with Gasteiger partial charge in [-0.3, -0.25) is 4.98 Å². The first kappa shape index (κ1) is 21.7. The number of rotatable bonds is 9. The van der Waals surface area contributed by atoms with Gasteiger partial charge in [-0.25, -0.2) is 4.98 Å². The van der Waals surface area contributed by atoms with Gasteiger partial charge >= 0.3 is 0 Å². The Bertz CT molecular complexity index is 1010. The largest absolute Gasteiger partial charge is 0.396 e. The van der Waals surface area contributed by atoms with Crippen molar-refractivity contribution in [2.75, 3.05) is 36.5 Å². The molecule has 0 radical (unpaired) electrons. The molecule has 1 aliphatic heterocycles. The zero-order chi connectivity index (χ0) is 21.5. The summed E-state index contributed by atoms with van der Waals surface area (Å²) in [5.74, 6) is 2.41. The van der Waals surface area contributed by atoms with E-state index in [0.29, 0.717) is 17.9 Å². The Morgan fingerprint density at radius 1 is 0.968 bits per heavy atom. The van der Waals surface area contributed by atoms with Gasteiger partial charge in [0.15, 0.2) is 0 Å². The number of aromatic nitrogens is 4. The Labute approximate surface area is 187 Å². The molecule has 2 aromatic heterocycles. The molecule has 0 spiro atoms. The summed E-state index contributed by atoms with van der Waals surface area (Å²) < 4.78 is 0. The number of anilines is 2. The Hall–Kier alpha value is -2.51. The minimum Gasteiger partial charge on any atom is -0.396 e. The fourth-order valence-electron chi connectivity index (χ4n) is 3.90. The van der Waals surface area contributed by atoms with Crippen molar-refractivity contribution in [2.45, 2.75) is 44.9 Å². The van der Waals surface area contributed by atoms with Crippen LogP contribution in [0.15, 0.2) is 30.5 Å². The molecule has 31 heavy (non-hydrogen) atoms. The molecule has 4 rings (SSSR count). The third-order valence-corrected chi connectivity index (χ3v) is 5.75. The minimum absolute atomic E-state index is 0.148. The van der Waals surface area contributed by atoms with Crippen LogP contribution in [0.4, 0.5) is 11.6 Å². The number of benzene rings is 1. The van der Waals surface area contributed by atoms with Gasteiger partial charge in [0.25, 0.3) is 0 Å². The van der Waals surface area contributed by atoms with E-state index in [0.717, 1.165) is 66.7 Å². The second-order valence-corrected chi connectivity index (χ2v) is 8.33. The lowest BCUT2D eigenvalue weighted by atomic mass is 10.1. The van der Waals surface area contributed by atoms with E-state index in [2.05, 4.69) is 25.2 Å². The number of pyridine rings is 1. The van der Waals surface area contributed by atoms with Crippen molar-refractivity contribution in [3.8, 4) is 0 Å². The summed E-state index contributed by atoms with van der Waals surface area (Å²) in [7, 11) is 0. The van der Waals surface area contributed by atoms with Crippen LogP contribution in [0.5, 0.6) is 0 Å². The zero-order valence-electron chi connectivity index (χ0n) is 17.7. The van der Waals surface area contributed by atoms with Crippen molar-refractivity contribution in [1.82, 2.24) is 19.9 Å². The topological polar surface area (TPSA) is 87.1 Å². The van der Waals surface area contributed by atoms with Gasteiger partial charge in [0.1, 0.15) is 11.6 Å². The Balaban J connectivity index is 1.40. The second-order valence-electron chi connectivity index (χ2n) is 7.89. The Kier molecular flexibility index (Phi) is 7.48. The van der Waals surface area contributed by atoms with Crippen LogP contribution >= 0.6 is 11.6 Å². The molecule has 8 heteroatoms. The van der Waals surface area contributed by atoms with Gasteiger partial charge < -0.3 is 15.3 Å². The van der Waals surface area contributed by atoms with E-state index < -0.39 is 0 Å². The SMILES string of the molecule is OCCCc1nc(CCCNc2ccnc3cc(Cl)ccc23)nc(N2CCCCC2)n1. The predicted octanol–water partition coefficient (Wildman–Crippen LogP) is 4.03. The molecule has 0 unspecified atom stereocenters. The zero-order valence-corrected chi connectivity index (χ0v) is 18.5. The molecule has 164 valence electrons. The fourth-order valence-corrected chi connectivity index (χ4v) is 4.06. The lowest BCUT2D eigenvalue weighted by molar-refractivity contribution is 0.287. The summed E-state index contributed by atoms with van der Waals surface area (Å²) >= 11 is 6.08. The molecule has 2 N–H and O–H groups in total. The van der Waals surface area contributed by atoms with Gasteiger partial charge in [0.05, 0.1) is 5.52 Å². The summed E-state index contributed by atoms with van der Waals surface area (Å²) in [4.78, 5) is 20.7. The first-order valence-electron chi connectivity index (χ1n) is 11.1. The maximum absolute atomic E-state index is 9.19. The maximum Gasteiger partial charge on any atom is 0.228 e. The van der Waals surface area contributed by atoms with Crippen molar-refractivity contribution in [3.05, 3.63) is 47.1 Å². The number of nitrogens with zero attached hydrogens (tertiary/aromatic N) is 5. The smallest absolute Gasteiger partial charge is 0.228 e. The van der Waals surface area contributed by atoms with Crippen LogP contribution in [0, 0.1) is 0 Å². The van der Waals surface area contributed by atoms with E-state index in [1.807, 2.05) is 24.3 Å². The number of nitrogens with one attached hydrogen (secondary N) is 1. The number of halogens is 1. The lowest BCUT2D eigenvalue weighted by Crippen LogP contribution is -2.31. The monoisotopic (exact) mass is 440 g/mol. The predicted molar refractivity (Wildman–Crippen MR) is 125 cm³/mol. The van der Waals surface area contributed by atoms with Gasteiger partial charge in [-0.1, -0.05) is 11.6 Å². The molecular formula is C23H29ClN6O. The summed E-state index contributed by atoms with van der Waals surface area (Å²) in [5.41, 5.74) is 1.93. The standard InChI is InChI=1S/C23H29ClN6O/c24-17-8-9-18-19(10-12-26-20(18)16-17)25-11-4-6-21-27-22(7-5-15-31)29-23(28-21)30-13-2-1-3-14-30/h8-10,12,16,31H,1-7,11,13-15H2,(H,25,26). The highest BCUT2D eigenvalue weighted by molar-refractivity contribution is 6.31. The van der Waals surface area contributed by atoms with Gasteiger partial charge in [0, 0.05) is 61.4 Å². The molecule has 1 fully saturated rings. The van der Waals surface area contributed by atoms with Crippen LogP contribution in [-0.4, -0.2) is 51.3 Å². The molecule has 1 aromatic carbocycles. The van der Waals surface area contributed by atoms with Crippen LogP contribution < -0.4 is 10.2 Å². The van der Waals surface area contributed by atoms with Crippen LogP contribution in [-0.2, 0) is 12.8 Å². The van der Waals surface area contributed by atoms with E-state index in [4.69, 9.17) is 16.6 Å². The maximum atomic E-state index is 9.19. The quantitative estimate of drug-likeness (QED) is 0.485. The van der Waals surface area contributed by atoms with Gasteiger partial charge in [0.2, 0.25) is 5.95 Å². The van der Waals surface area contributed by atoms with E-state index in [1.54, 1.807) is 6.20 Å². The normalized spacial score (nSPS) is 14.2. The molecular weight excluding hydrogens is 412 g/mol. The van der Waals surface area contributed by atoms with E-state index in [-0.39, 0.29) is 6.61 Å². The summed E-state index contributed by atoms with van der Waals surface area (Å²) in [5, 5.41) is 14.4. The number of piperidine rings is 1.